The number of rotatable bonds is 7. The molecule has 0 saturated carbocycles. The molecule has 5 nitrogen and oxygen atoms in total. The van der Waals surface area contributed by atoms with E-state index in [1.165, 1.54) is 0 Å². The van der Waals surface area contributed by atoms with Crippen LogP contribution in [0.3, 0.4) is 0 Å². The Kier molecular flexibility index (Phi) is 5.63. The summed E-state index contributed by atoms with van der Waals surface area (Å²) in [5, 5.41) is 11.6. The zero-order valence-electron chi connectivity index (χ0n) is 12.9. The van der Waals surface area contributed by atoms with Crippen LogP contribution >= 0.6 is 0 Å². The monoisotopic (exact) mass is 286 g/mol. The van der Waals surface area contributed by atoms with Crippen LogP contribution in [0.5, 0.6) is 0 Å². The van der Waals surface area contributed by atoms with Gasteiger partial charge in [-0.05, 0) is 37.5 Å². The molecule has 1 heterocycles. The molecule has 0 radical (unpaired) electrons. The van der Waals surface area contributed by atoms with Gasteiger partial charge in [0.15, 0.2) is 0 Å². The predicted octanol–water partition coefficient (Wildman–Crippen LogP) is 3.28. The quantitative estimate of drug-likeness (QED) is 0.846. The second-order valence-corrected chi connectivity index (χ2v) is 4.70. The molecule has 0 aliphatic heterocycles. The molecule has 0 aliphatic carbocycles. The zero-order valence-corrected chi connectivity index (χ0v) is 12.9. The van der Waals surface area contributed by atoms with Gasteiger partial charge in [-0.2, -0.15) is 0 Å². The molecular weight excluding hydrogens is 264 g/mol. The first-order valence-corrected chi connectivity index (χ1v) is 7.43. The fourth-order valence-electron chi connectivity index (χ4n) is 2.08. The number of hydrogen-bond donors (Lipinski definition) is 1. The van der Waals surface area contributed by atoms with Crippen LogP contribution in [0.1, 0.15) is 37.7 Å². The van der Waals surface area contributed by atoms with Gasteiger partial charge >= 0.3 is 0 Å². The topological polar surface area (TPSA) is 59.9 Å². The Bertz CT molecular complexity index is 586. The Balaban J connectivity index is 2.14. The highest BCUT2D eigenvalue weighted by Gasteiger charge is 2.06. The Morgan fingerprint density at radius 2 is 1.86 bits per heavy atom. The van der Waals surface area contributed by atoms with Gasteiger partial charge in [-0.25, -0.2) is 4.98 Å². The first kappa shape index (κ1) is 15.4. The van der Waals surface area contributed by atoms with Gasteiger partial charge in [0.2, 0.25) is 5.95 Å². The summed E-state index contributed by atoms with van der Waals surface area (Å²) in [5.74, 6) is 0.539. The van der Waals surface area contributed by atoms with Gasteiger partial charge in [-0.3, -0.25) is 0 Å². The molecule has 1 aromatic carbocycles. The maximum Gasteiger partial charge on any atom is 0.247 e. The van der Waals surface area contributed by atoms with Crippen molar-refractivity contribution >= 4 is 11.6 Å². The van der Waals surface area contributed by atoms with E-state index in [4.69, 9.17) is 4.74 Å². The van der Waals surface area contributed by atoms with Gasteiger partial charge in [-0.15, -0.1) is 10.2 Å². The van der Waals surface area contributed by atoms with Crippen molar-refractivity contribution < 1.29 is 4.74 Å². The Morgan fingerprint density at radius 1 is 1.05 bits per heavy atom. The molecule has 0 saturated heterocycles. The molecule has 0 fully saturated rings. The second kappa shape index (κ2) is 7.69. The smallest absolute Gasteiger partial charge is 0.247 e. The SMILES string of the molecule is CCOCc1cccc(Nc2nnc(CC)c(CC)n2)c1. The van der Waals surface area contributed by atoms with E-state index in [9.17, 15) is 0 Å². The van der Waals surface area contributed by atoms with Gasteiger partial charge in [0.05, 0.1) is 18.0 Å². The summed E-state index contributed by atoms with van der Waals surface area (Å²) in [6, 6.07) is 8.05. The number of aryl methyl sites for hydroxylation is 2. The number of aromatic nitrogens is 3. The summed E-state index contributed by atoms with van der Waals surface area (Å²) in [5.41, 5.74) is 4.03. The Morgan fingerprint density at radius 3 is 2.57 bits per heavy atom. The number of hydrogen-bond acceptors (Lipinski definition) is 5. The maximum atomic E-state index is 5.42. The van der Waals surface area contributed by atoms with Crippen LogP contribution in [0.4, 0.5) is 11.6 Å². The molecule has 21 heavy (non-hydrogen) atoms. The molecule has 0 unspecified atom stereocenters. The zero-order chi connectivity index (χ0) is 15.1. The van der Waals surface area contributed by atoms with Gasteiger partial charge in [0.1, 0.15) is 0 Å². The summed E-state index contributed by atoms with van der Waals surface area (Å²) in [6.07, 6.45) is 1.71. The van der Waals surface area contributed by atoms with Crippen molar-refractivity contribution in [2.45, 2.75) is 40.2 Å². The third kappa shape index (κ3) is 4.23. The summed E-state index contributed by atoms with van der Waals surface area (Å²) < 4.78 is 5.42. The summed E-state index contributed by atoms with van der Waals surface area (Å²) in [7, 11) is 0. The van der Waals surface area contributed by atoms with Crippen LogP contribution in [-0.4, -0.2) is 21.8 Å². The molecule has 2 aromatic rings. The van der Waals surface area contributed by atoms with Gasteiger partial charge in [-0.1, -0.05) is 26.0 Å². The van der Waals surface area contributed by atoms with Crippen LogP contribution in [0.25, 0.3) is 0 Å². The van der Waals surface area contributed by atoms with Crippen LogP contribution in [0.15, 0.2) is 24.3 Å². The van der Waals surface area contributed by atoms with E-state index in [1.807, 2.05) is 31.2 Å². The molecule has 5 heteroatoms. The van der Waals surface area contributed by atoms with E-state index in [1.54, 1.807) is 0 Å². The van der Waals surface area contributed by atoms with Crippen molar-refractivity contribution in [2.24, 2.45) is 0 Å². The largest absolute Gasteiger partial charge is 0.377 e. The van der Waals surface area contributed by atoms with E-state index < -0.39 is 0 Å². The number of ether oxygens (including phenoxy) is 1. The molecule has 0 amide bonds. The molecule has 0 aliphatic rings. The lowest BCUT2D eigenvalue weighted by Gasteiger charge is -2.09. The average molecular weight is 286 g/mol. The lowest BCUT2D eigenvalue weighted by atomic mass is 10.2. The van der Waals surface area contributed by atoms with Crippen molar-refractivity contribution in [3.8, 4) is 0 Å². The van der Waals surface area contributed by atoms with Crippen molar-refractivity contribution in [2.75, 3.05) is 11.9 Å². The molecule has 0 atom stereocenters. The fourth-order valence-corrected chi connectivity index (χ4v) is 2.08. The van der Waals surface area contributed by atoms with Crippen molar-refractivity contribution in [3.05, 3.63) is 41.2 Å². The summed E-state index contributed by atoms with van der Waals surface area (Å²) in [6.45, 7) is 7.46. The first-order chi connectivity index (χ1) is 10.3. The summed E-state index contributed by atoms with van der Waals surface area (Å²) in [4.78, 5) is 4.53. The summed E-state index contributed by atoms with van der Waals surface area (Å²) >= 11 is 0. The van der Waals surface area contributed by atoms with Gasteiger partial charge in [0.25, 0.3) is 0 Å². The minimum Gasteiger partial charge on any atom is -0.377 e. The van der Waals surface area contributed by atoms with Gasteiger partial charge in [0, 0.05) is 12.3 Å². The highest BCUT2D eigenvalue weighted by molar-refractivity contribution is 5.54. The van der Waals surface area contributed by atoms with E-state index in [0.717, 1.165) is 35.5 Å². The number of benzene rings is 1. The standard InChI is InChI=1S/C16H22N4O/c1-4-14-15(5-2)19-20-16(18-14)17-13-9-7-8-12(10-13)11-21-6-3/h7-10H,4-6,11H2,1-3H3,(H,17,18,20). The number of anilines is 2. The highest BCUT2D eigenvalue weighted by Crippen LogP contribution is 2.16. The van der Waals surface area contributed by atoms with Gasteiger partial charge < -0.3 is 10.1 Å². The van der Waals surface area contributed by atoms with E-state index in [0.29, 0.717) is 19.2 Å². The molecular formula is C16H22N4O. The highest BCUT2D eigenvalue weighted by atomic mass is 16.5. The average Bonchev–Trinajstić information content (AvgIpc) is 2.53. The second-order valence-electron chi connectivity index (χ2n) is 4.70. The Hall–Kier alpha value is -2.01. The lowest BCUT2D eigenvalue weighted by Crippen LogP contribution is -2.06. The molecule has 0 bridgehead atoms. The maximum absolute atomic E-state index is 5.42. The van der Waals surface area contributed by atoms with Crippen molar-refractivity contribution in [1.82, 2.24) is 15.2 Å². The minimum absolute atomic E-state index is 0.539. The normalized spacial score (nSPS) is 10.6. The van der Waals surface area contributed by atoms with E-state index in [2.05, 4.69) is 34.3 Å². The van der Waals surface area contributed by atoms with E-state index in [-0.39, 0.29) is 0 Å². The van der Waals surface area contributed by atoms with Crippen LogP contribution < -0.4 is 5.32 Å². The fraction of sp³-hybridized carbons (Fsp3) is 0.438. The molecule has 0 spiro atoms. The van der Waals surface area contributed by atoms with Crippen LogP contribution in [0.2, 0.25) is 0 Å². The predicted molar refractivity (Wildman–Crippen MR) is 83.6 cm³/mol. The molecule has 112 valence electrons. The number of nitrogens with zero attached hydrogens (tertiary/aromatic N) is 3. The Labute approximate surface area is 125 Å². The van der Waals surface area contributed by atoms with Crippen LogP contribution in [0, 0.1) is 0 Å². The molecule has 1 aromatic heterocycles. The van der Waals surface area contributed by atoms with Crippen LogP contribution in [-0.2, 0) is 24.2 Å². The minimum atomic E-state index is 0.539. The third-order valence-corrected chi connectivity index (χ3v) is 3.17. The van der Waals surface area contributed by atoms with E-state index >= 15 is 0 Å². The first-order valence-electron chi connectivity index (χ1n) is 7.43. The van der Waals surface area contributed by atoms with Crippen molar-refractivity contribution in [3.63, 3.8) is 0 Å². The van der Waals surface area contributed by atoms with Crippen molar-refractivity contribution in [1.29, 1.82) is 0 Å². The molecule has 2 rings (SSSR count). The third-order valence-electron chi connectivity index (χ3n) is 3.17. The molecule has 1 N–H and O–H groups in total. The lowest BCUT2D eigenvalue weighted by molar-refractivity contribution is 0.134. The number of nitrogens with one attached hydrogen (secondary N) is 1.